The summed E-state index contributed by atoms with van der Waals surface area (Å²) in [5.41, 5.74) is 23.0. The van der Waals surface area contributed by atoms with Crippen molar-refractivity contribution in [2.24, 2.45) is 5.92 Å². The van der Waals surface area contributed by atoms with Gasteiger partial charge in [-0.15, -0.1) is 11.3 Å². The maximum Gasteiger partial charge on any atom is 0.0693 e. The molecule has 2 bridgehead atoms. The van der Waals surface area contributed by atoms with Crippen molar-refractivity contribution in [3.63, 3.8) is 0 Å². The molecule has 2 unspecified atom stereocenters. The van der Waals surface area contributed by atoms with E-state index in [1.165, 1.54) is 115 Å². The second-order valence-corrected chi connectivity index (χ2v) is 18.3. The van der Waals surface area contributed by atoms with Crippen molar-refractivity contribution < 1.29 is 0 Å². The lowest BCUT2D eigenvalue weighted by molar-refractivity contribution is 0.684. The number of hydrogen-bond donors (Lipinski definition) is 0. The highest BCUT2D eigenvalue weighted by atomic mass is 32.1. The third-order valence-electron chi connectivity index (χ3n) is 13.9. The Kier molecular flexibility index (Phi) is 7.50. The molecule has 1 aromatic heterocycles. The zero-order valence-electron chi connectivity index (χ0n) is 33.5. The van der Waals surface area contributed by atoms with Gasteiger partial charge in [0.1, 0.15) is 0 Å². The summed E-state index contributed by atoms with van der Waals surface area (Å²) < 4.78 is 2.70. The van der Waals surface area contributed by atoms with Crippen LogP contribution in [0.2, 0.25) is 0 Å². The van der Waals surface area contributed by atoms with Crippen LogP contribution in [-0.2, 0) is 13.0 Å². The minimum atomic E-state index is 0.144. The lowest BCUT2D eigenvalue weighted by Crippen LogP contribution is -2.42. The predicted molar refractivity (Wildman–Crippen MR) is 254 cm³/mol. The molecule has 60 heavy (non-hydrogen) atoms. The minimum absolute atomic E-state index is 0.144. The Balaban J connectivity index is 0.917. The van der Waals surface area contributed by atoms with Crippen molar-refractivity contribution >= 4 is 54.0 Å². The average molecular weight is 787 g/mol. The van der Waals surface area contributed by atoms with Crippen LogP contribution in [0.1, 0.15) is 47.6 Å². The van der Waals surface area contributed by atoms with Crippen LogP contribution in [0, 0.1) is 5.92 Å². The van der Waals surface area contributed by atoms with Gasteiger partial charge in [-0.1, -0.05) is 146 Å². The average Bonchev–Trinajstić information content (AvgIpc) is 3.87. The number of allylic oxidation sites excluding steroid dienone is 4. The maximum atomic E-state index is 2.66. The summed E-state index contributed by atoms with van der Waals surface area (Å²) >= 11 is 1.89. The summed E-state index contributed by atoms with van der Waals surface area (Å²) in [7, 11) is 0. The standard InChI is InChI=1S/C57H42N2S/c1-35-17-30-53(57-56(35)49-14-8-13-45-46-11-4-6-15-52(46)58(57)34-51(45)49)59(42-25-20-36(21-26-42)38-18-19-41-31-40-9-2-3-10-44(40)50(41)32-38)43-27-22-37(23-28-43)39-24-29-48-47-12-5-7-16-54(47)60-55(48)33-39/h2-16,18-27,29-30,32-33,35,43H,17,28,31,34H2,1H3. The van der Waals surface area contributed by atoms with Crippen molar-refractivity contribution in [3.05, 3.63) is 215 Å². The van der Waals surface area contributed by atoms with Crippen molar-refractivity contribution in [2.75, 3.05) is 9.80 Å². The summed E-state index contributed by atoms with van der Waals surface area (Å²) in [6.45, 7) is 3.32. The summed E-state index contributed by atoms with van der Waals surface area (Å²) in [6, 6.07) is 57.4. The van der Waals surface area contributed by atoms with E-state index in [2.05, 4.69) is 193 Å². The SMILES string of the molecule is CC1CC=C(N(c2ccc(-c3ccc4c(c3)-c3ccccc3C4)cc2)C2C=CC(c3ccc4c(c3)sc3ccccc34)=CC2)C2=C1c1cccc3c1CN2c1ccccc1-3. The molecular weight excluding hydrogens is 745 g/mol. The molecule has 286 valence electrons. The molecule has 0 spiro atoms. The van der Waals surface area contributed by atoms with Gasteiger partial charge in [-0.2, -0.15) is 0 Å². The van der Waals surface area contributed by atoms with E-state index in [-0.39, 0.29) is 6.04 Å². The van der Waals surface area contributed by atoms with Gasteiger partial charge < -0.3 is 9.80 Å². The Hall–Kier alpha value is -6.68. The monoisotopic (exact) mass is 786 g/mol. The molecule has 7 aromatic carbocycles. The zero-order chi connectivity index (χ0) is 39.5. The van der Waals surface area contributed by atoms with Crippen molar-refractivity contribution in [1.29, 1.82) is 0 Å². The Labute approximate surface area is 355 Å². The molecule has 0 fully saturated rings. The van der Waals surface area contributed by atoms with E-state index in [4.69, 9.17) is 0 Å². The van der Waals surface area contributed by atoms with Gasteiger partial charge >= 0.3 is 0 Å². The van der Waals surface area contributed by atoms with Crippen LogP contribution in [0.15, 0.2) is 187 Å². The molecule has 13 rings (SSSR count). The smallest absolute Gasteiger partial charge is 0.0693 e. The highest BCUT2D eigenvalue weighted by Gasteiger charge is 2.40. The van der Waals surface area contributed by atoms with E-state index in [0.29, 0.717) is 5.92 Å². The number of fused-ring (bicyclic) bond motifs is 12. The molecule has 3 aliphatic carbocycles. The molecule has 3 heteroatoms. The number of benzene rings is 7. The molecule has 5 aliphatic rings. The van der Waals surface area contributed by atoms with Gasteiger partial charge in [-0.3, -0.25) is 0 Å². The number of thiophene rings is 1. The third-order valence-corrected chi connectivity index (χ3v) is 15.0. The lowest BCUT2D eigenvalue weighted by atomic mass is 9.76. The lowest BCUT2D eigenvalue weighted by Gasteiger charge is -2.47. The first-order valence-corrected chi connectivity index (χ1v) is 22.3. The molecule has 2 atom stereocenters. The Morgan fingerprint density at radius 1 is 0.583 bits per heavy atom. The van der Waals surface area contributed by atoms with Crippen LogP contribution >= 0.6 is 11.3 Å². The van der Waals surface area contributed by atoms with E-state index in [1.807, 2.05) is 11.3 Å². The normalized spacial score (nSPS) is 18.2. The van der Waals surface area contributed by atoms with E-state index in [1.54, 1.807) is 0 Å². The Bertz CT molecular complexity index is 3240. The number of rotatable bonds is 5. The van der Waals surface area contributed by atoms with Crippen molar-refractivity contribution in [2.45, 2.75) is 38.8 Å². The van der Waals surface area contributed by atoms with Gasteiger partial charge in [-0.05, 0) is 128 Å². The zero-order valence-corrected chi connectivity index (χ0v) is 34.3. The molecule has 0 N–H and O–H groups in total. The highest BCUT2D eigenvalue weighted by molar-refractivity contribution is 7.25. The molecule has 0 amide bonds. The molecular formula is C57H42N2S. The van der Waals surface area contributed by atoms with Crippen LogP contribution in [0.25, 0.3) is 64.7 Å². The molecule has 0 radical (unpaired) electrons. The summed E-state index contributed by atoms with van der Waals surface area (Å²) in [5, 5.41) is 2.70. The van der Waals surface area contributed by atoms with E-state index in [0.717, 1.165) is 25.8 Å². The fraction of sp³-hybridized carbons (Fsp3) is 0.123. The van der Waals surface area contributed by atoms with Crippen LogP contribution < -0.4 is 9.80 Å². The fourth-order valence-corrected chi connectivity index (χ4v) is 12.1. The van der Waals surface area contributed by atoms with Gasteiger partial charge in [0.05, 0.1) is 17.4 Å². The van der Waals surface area contributed by atoms with Crippen LogP contribution in [0.3, 0.4) is 0 Å². The first kappa shape index (κ1) is 34.2. The second-order valence-electron chi connectivity index (χ2n) is 17.2. The molecule has 8 aromatic rings. The minimum Gasteiger partial charge on any atom is -0.334 e. The molecule has 2 aliphatic heterocycles. The van der Waals surface area contributed by atoms with E-state index < -0.39 is 0 Å². The summed E-state index contributed by atoms with van der Waals surface area (Å²) in [5.74, 6) is 0.414. The Morgan fingerprint density at radius 2 is 1.33 bits per heavy atom. The van der Waals surface area contributed by atoms with Gasteiger partial charge in [0, 0.05) is 43.7 Å². The third kappa shape index (κ3) is 5.12. The highest BCUT2D eigenvalue weighted by Crippen LogP contribution is 2.54. The van der Waals surface area contributed by atoms with E-state index >= 15 is 0 Å². The summed E-state index contributed by atoms with van der Waals surface area (Å²) in [6.07, 6.45) is 12.8. The predicted octanol–water partition coefficient (Wildman–Crippen LogP) is 14.8. The van der Waals surface area contributed by atoms with Crippen LogP contribution in [-0.4, -0.2) is 6.04 Å². The van der Waals surface area contributed by atoms with Crippen molar-refractivity contribution in [3.8, 4) is 33.4 Å². The number of anilines is 2. The largest absolute Gasteiger partial charge is 0.334 e. The van der Waals surface area contributed by atoms with Gasteiger partial charge in [-0.25, -0.2) is 0 Å². The Morgan fingerprint density at radius 3 is 2.23 bits per heavy atom. The maximum absolute atomic E-state index is 2.66. The molecule has 3 heterocycles. The van der Waals surface area contributed by atoms with Gasteiger partial charge in [0.2, 0.25) is 0 Å². The first-order chi connectivity index (χ1) is 29.6. The molecule has 0 saturated carbocycles. The molecule has 0 saturated heterocycles. The number of hydrogen-bond acceptors (Lipinski definition) is 3. The summed E-state index contributed by atoms with van der Waals surface area (Å²) in [4.78, 5) is 5.30. The van der Waals surface area contributed by atoms with Gasteiger partial charge in [0.25, 0.3) is 0 Å². The van der Waals surface area contributed by atoms with E-state index in [9.17, 15) is 0 Å². The number of nitrogens with zero attached hydrogens (tertiary/aromatic N) is 2. The fourth-order valence-electron chi connectivity index (χ4n) is 11.0. The van der Waals surface area contributed by atoms with Crippen molar-refractivity contribution in [1.82, 2.24) is 0 Å². The topological polar surface area (TPSA) is 6.48 Å². The van der Waals surface area contributed by atoms with Crippen LogP contribution in [0.5, 0.6) is 0 Å². The second kappa shape index (κ2) is 13.2. The quantitative estimate of drug-likeness (QED) is 0.171. The van der Waals surface area contributed by atoms with Crippen LogP contribution in [0.4, 0.5) is 11.4 Å². The van der Waals surface area contributed by atoms with Gasteiger partial charge in [0.15, 0.2) is 0 Å². The number of para-hydroxylation sites is 1. The molecule has 2 nitrogen and oxygen atoms in total. The first-order valence-electron chi connectivity index (χ1n) is 21.5.